The third-order valence-corrected chi connectivity index (χ3v) is 2.76. The number of H-pyrrole nitrogens is 1. The molecule has 0 bridgehead atoms. The number of aromatic nitrogens is 6. The molecule has 0 spiro atoms. The van der Waals surface area contributed by atoms with Crippen LogP contribution in [0.3, 0.4) is 0 Å². The van der Waals surface area contributed by atoms with Gasteiger partial charge in [-0.2, -0.15) is 9.90 Å². The molecule has 0 aliphatic carbocycles. The zero-order valence-electron chi connectivity index (χ0n) is 10.6. The van der Waals surface area contributed by atoms with Gasteiger partial charge in [-0.05, 0) is 23.8 Å². The smallest absolute Gasteiger partial charge is 0.179 e. The number of aromatic amines is 1. The Morgan fingerprint density at radius 1 is 1.21 bits per heavy atom. The van der Waals surface area contributed by atoms with Gasteiger partial charge in [0.1, 0.15) is 6.54 Å². The van der Waals surface area contributed by atoms with Gasteiger partial charge >= 0.3 is 0 Å². The largest absolute Gasteiger partial charge is 0.283 e. The summed E-state index contributed by atoms with van der Waals surface area (Å²) in [6.45, 7) is 2.50. The molecule has 0 saturated carbocycles. The summed E-state index contributed by atoms with van der Waals surface area (Å²) < 4.78 is 0. The average molecular weight is 254 g/mol. The van der Waals surface area contributed by atoms with Crippen LogP contribution in [0.4, 0.5) is 0 Å². The lowest BCUT2D eigenvalue weighted by atomic mass is 10.1. The van der Waals surface area contributed by atoms with E-state index in [0.717, 1.165) is 17.2 Å². The van der Waals surface area contributed by atoms with Crippen molar-refractivity contribution in [1.29, 1.82) is 0 Å². The van der Waals surface area contributed by atoms with Crippen molar-refractivity contribution in [2.45, 2.75) is 19.9 Å². The standard InChI is InChI=1S/C13H14N6/c1-10-7-12(15-14-10)9-19-17-13(16-18-19)8-11-5-3-2-4-6-11/h2-7H,8-9H2,1H3,(H,14,15). The Morgan fingerprint density at radius 2 is 2.05 bits per heavy atom. The molecule has 0 atom stereocenters. The second kappa shape index (κ2) is 5.01. The van der Waals surface area contributed by atoms with E-state index in [0.29, 0.717) is 13.0 Å². The number of nitrogens with zero attached hydrogens (tertiary/aromatic N) is 5. The Labute approximate surface area is 110 Å². The molecule has 0 unspecified atom stereocenters. The molecule has 0 amide bonds. The van der Waals surface area contributed by atoms with Crippen molar-refractivity contribution in [3.8, 4) is 0 Å². The van der Waals surface area contributed by atoms with E-state index in [2.05, 4.69) is 37.7 Å². The summed E-state index contributed by atoms with van der Waals surface area (Å²) in [5.74, 6) is 0.721. The Kier molecular flexibility index (Phi) is 3.06. The van der Waals surface area contributed by atoms with E-state index in [4.69, 9.17) is 0 Å². The van der Waals surface area contributed by atoms with Crippen LogP contribution in [-0.2, 0) is 13.0 Å². The van der Waals surface area contributed by atoms with E-state index < -0.39 is 0 Å². The summed E-state index contributed by atoms with van der Waals surface area (Å²) in [6, 6.07) is 12.1. The normalized spacial score (nSPS) is 10.8. The van der Waals surface area contributed by atoms with Crippen molar-refractivity contribution in [3.63, 3.8) is 0 Å². The van der Waals surface area contributed by atoms with Gasteiger partial charge in [0.05, 0.1) is 5.69 Å². The van der Waals surface area contributed by atoms with Crippen LogP contribution >= 0.6 is 0 Å². The maximum atomic E-state index is 4.35. The van der Waals surface area contributed by atoms with E-state index in [1.54, 1.807) is 4.80 Å². The number of benzene rings is 1. The van der Waals surface area contributed by atoms with E-state index in [1.165, 1.54) is 5.56 Å². The van der Waals surface area contributed by atoms with Crippen LogP contribution < -0.4 is 0 Å². The van der Waals surface area contributed by atoms with Gasteiger partial charge in [0.15, 0.2) is 5.82 Å². The molecule has 0 saturated heterocycles. The number of aryl methyl sites for hydroxylation is 1. The van der Waals surface area contributed by atoms with E-state index in [1.807, 2.05) is 31.2 Å². The Balaban J connectivity index is 1.69. The first-order valence-electron chi connectivity index (χ1n) is 6.11. The number of hydrogen-bond acceptors (Lipinski definition) is 4. The van der Waals surface area contributed by atoms with Crippen molar-refractivity contribution >= 4 is 0 Å². The first kappa shape index (κ1) is 11.6. The summed E-state index contributed by atoms with van der Waals surface area (Å²) >= 11 is 0. The van der Waals surface area contributed by atoms with Crippen LogP contribution in [0.15, 0.2) is 36.4 Å². The highest BCUT2D eigenvalue weighted by molar-refractivity contribution is 5.18. The van der Waals surface area contributed by atoms with Crippen LogP contribution in [-0.4, -0.2) is 30.4 Å². The molecule has 0 aliphatic heterocycles. The van der Waals surface area contributed by atoms with E-state index in [-0.39, 0.29) is 0 Å². The lowest BCUT2D eigenvalue weighted by molar-refractivity contribution is 0.561. The number of tetrazole rings is 1. The molecule has 96 valence electrons. The zero-order chi connectivity index (χ0) is 13.1. The van der Waals surface area contributed by atoms with Gasteiger partial charge in [-0.1, -0.05) is 30.3 Å². The van der Waals surface area contributed by atoms with Crippen LogP contribution in [0.2, 0.25) is 0 Å². The number of hydrogen-bond donors (Lipinski definition) is 1. The van der Waals surface area contributed by atoms with Gasteiger partial charge in [0.25, 0.3) is 0 Å². The zero-order valence-corrected chi connectivity index (χ0v) is 10.6. The maximum Gasteiger partial charge on any atom is 0.179 e. The van der Waals surface area contributed by atoms with Crippen molar-refractivity contribution in [3.05, 3.63) is 59.2 Å². The summed E-state index contributed by atoms with van der Waals surface area (Å²) in [5.41, 5.74) is 3.11. The third-order valence-electron chi connectivity index (χ3n) is 2.76. The highest BCUT2D eigenvalue weighted by atomic mass is 15.6. The van der Waals surface area contributed by atoms with Crippen molar-refractivity contribution < 1.29 is 0 Å². The predicted molar refractivity (Wildman–Crippen MR) is 69.5 cm³/mol. The highest BCUT2D eigenvalue weighted by Gasteiger charge is 2.06. The first-order chi connectivity index (χ1) is 9.29. The molecule has 6 heteroatoms. The molecular weight excluding hydrogens is 240 g/mol. The van der Waals surface area contributed by atoms with Crippen LogP contribution in [0, 0.1) is 6.92 Å². The first-order valence-corrected chi connectivity index (χ1v) is 6.11. The second-order valence-electron chi connectivity index (χ2n) is 4.44. The van der Waals surface area contributed by atoms with Crippen molar-refractivity contribution in [2.24, 2.45) is 0 Å². The van der Waals surface area contributed by atoms with Gasteiger partial charge < -0.3 is 0 Å². The van der Waals surface area contributed by atoms with Gasteiger partial charge in [-0.25, -0.2) is 0 Å². The molecule has 19 heavy (non-hydrogen) atoms. The maximum absolute atomic E-state index is 4.35. The molecule has 0 fully saturated rings. The summed E-state index contributed by atoms with van der Waals surface area (Å²) in [6.07, 6.45) is 0.695. The van der Waals surface area contributed by atoms with Crippen molar-refractivity contribution in [1.82, 2.24) is 30.4 Å². The van der Waals surface area contributed by atoms with Gasteiger partial charge in [0.2, 0.25) is 0 Å². The molecule has 1 N–H and O–H groups in total. The summed E-state index contributed by atoms with van der Waals surface area (Å²) in [4.78, 5) is 1.56. The molecule has 3 aromatic rings. The molecule has 3 rings (SSSR count). The minimum Gasteiger partial charge on any atom is -0.283 e. The third kappa shape index (κ3) is 2.85. The quantitative estimate of drug-likeness (QED) is 0.762. The Hall–Kier alpha value is -2.50. The Morgan fingerprint density at radius 3 is 2.79 bits per heavy atom. The molecule has 6 nitrogen and oxygen atoms in total. The highest BCUT2D eigenvalue weighted by Crippen LogP contribution is 2.04. The second-order valence-corrected chi connectivity index (χ2v) is 4.44. The SMILES string of the molecule is Cc1cc(Cn2nnc(Cc3ccccc3)n2)n[nH]1. The van der Waals surface area contributed by atoms with E-state index in [9.17, 15) is 0 Å². The van der Waals surface area contributed by atoms with Gasteiger partial charge in [0, 0.05) is 12.1 Å². The molecule has 0 aliphatic rings. The number of rotatable bonds is 4. The molecule has 2 aromatic heterocycles. The number of nitrogens with one attached hydrogen (secondary N) is 1. The minimum atomic E-state index is 0.534. The molecule has 1 aromatic carbocycles. The van der Waals surface area contributed by atoms with Crippen LogP contribution in [0.1, 0.15) is 22.8 Å². The fraction of sp³-hybridized carbons (Fsp3) is 0.231. The molecule has 2 heterocycles. The molecule has 0 radical (unpaired) electrons. The monoisotopic (exact) mass is 254 g/mol. The molecular formula is C13H14N6. The average Bonchev–Trinajstić information content (AvgIpc) is 3.01. The van der Waals surface area contributed by atoms with E-state index >= 15 is 0 Å². The lowest BCUT2D eigenvalue weighted by Gasteiger charge is -1.95. The van der Waals surface area contributed by atoms with Crippen LogP contribution in [0.25, 0.3) is 0 Å². The lowest BCUT2D eigenvalue weighted by Crippen LogP contribution is -2.04. The Bertz CT molecular complexity index is 655. The van der Waals surface area contributed by atoms with Crippen LogP contribution in [0.5, 0.6) is 0 Å². The minimum absolute atomic E-state index is 0.534. The fourth-order valence-corrected chi connectivity index (χ4v) is 1.89. The van der Waals surface area contributed by atoms with Gasteiger partial charge in [-0.15, -0.1) is 10.2 Å². The fourth-order valence-electron chi connectivity index (χ4n) is 1.89. The van der Waals surface area contributed by atoms with Gasteiger partial charge in [-0.3, -0.25) is 5.10 Å². The predicted octanol–water partition coefficient (Wildman–Crippen LogP) is 1.34. The summed E-state index contributed by atoms with van der Waals surface area (Å²) in [7, 11) is 0. The summed E-state index contributed by atoms with van der Waals surface area (Å²) in [5, 5.41) is 19.5. The topological polar surface area (TPSA) is 72.3 Å². The van der Waals surface area contributed by atoms with Crippen molar-refractivity contribution in [2.75, 3.05) is 0 Å².